The Balaban J connectivity index is 2.12. The lowest BCUT2D eigenvalue weighted by Gasteiger charge is -2.32. The van der Waals surface area contributed by atoms with Gasteiger partial charge in [0.15, 0.2) is 0 Å². The normalized spacial score (nSPS) is 27.7. The van der Waals surface area contributed by atoms with Crippen molar-refractivity contribution in [2.75, 3.05) is 0 Å². The zero-order valence-corrected chi connectivity index (χ0v) is 7.06. The van der Waals surface area contributed by atoms with Crippen molar-refractivity contribution >= 4 is 11.7 Å². The second-order valence-electron chi connectivity index (χ2n) is 3.90. The van der Waals surface area contributed by atoms with Crippen LogP contribution in [0.25, 0.3) is 0 Å². The van der Waals surface area contributed by atoms with Crippen molar-refractivity contribution in [2.24, 2.45) is 0 Å². The van der Waals surface area contributed by atoms with Gasteiger partial charge in [-0.1, -0.05) is 19.3 Å². The molecule has 1 amide bonds. The lowest BCUT2D eigenvalue weighted by atomic mass is 9.81. The van der Waals surface area contributed by atoms with E-state index < -0.39 is 0 Å². The molecule has 66 valence electrons. The summed E-state index contributed by atoms with van der Waals surface area (Å²) in [6.07, 6.45) is 5.95. The van der Waals surface area contributed by atoms with E-state index in [0.29, 0.717) is 6.42 Å². The third kappa shape index (κ3) is 1.13. The summed E-state index contributed by atoms with van der Waals surface area (Å²) in [6, 6.07) is 0. The number of rotatable bonds is 0. The van der Waals surface area contributed by atoms with Crippen molar-refractivity contribution in [3.8, 4) is 0 Å². The number of hydrogen-bond acceptors (Lipinski definition) is 2. The minimum absolute atomic E-state index is 0.133. The van der Waals surface area contributed by atoms with Gasteiger partial charge in [-0.15, -0.1) is 0 Å². The van der Waals surface area contributed by atoms with Gasteiger partial charge in [-0.05, 0) is 12.8 Å². The molecule has 3 heteroatoms. The Labute approximate surface area is 71.5 Å². The van der Waals surface area contributed by atoms with Crippen LogP contribution in [0.2, 0.25) is 0 Å². The van der Waals surface area contributed by atoms with Gasteiger partial charge in [0.05, 0.1) is 0 Å². The molecule has 1 saturated carbocycles. The van der Waals surface area contributed by atoms with Crippen LogP contribution in [-0.2, 0) is 9.59 Å². The molecular weight excluding hydrogens is 154 g/mol. The largest absolute Gasteiger partial charge is 0.344 e. The fourth-order valence-electron chi connectivity index (χ4n) is 2.27. The Morgan fingerprint density at radius 2 is 1.75 bits per heavy atom. The first-order valence-corrected chi connectivity index (χ1v) is 4.57. The smallest absolute Gasteiger partial charge is 0.287 e. The summed E-state index contributed by atoms with van der Waals surface area (Å²) in [4.78, 5) is 22.0. The van der Waals surface area contributed by atoms with Crippen molar-refractivity contribution < 1.29 is 9.59 Å². The van der Waals surface area contributed by atoms with Crippen molar-refractivity contribution in [1.82, 2.24) is 5.32 Å². The summed E-state index contributed by atoms with van der Waals surface area (Å²) in [7, 11) is 0. The van der Waals surface area contributed by atoms with Crippen molar-refractivity contribution in [3.05, 3.63) is 0 Å². The summed E-state index contributed by atoms with van der Waals surface area (Å²) in [5.74, 6) is -0.589. The van der Waals surface area contributed by atoms with E-state index >= 15 is 0 Å². The minimum atomic E-state index is -0.364. The molecule has 0 atom stereocenters. The molecule has 2 fully saturated rings. The maximum Gasteiger partial charge on any atom is 0.287 e. The van der Waals surface area contributed by atoms with Crippen LogP contribution in [-0.4, -0.2) is 17.2 Å². The third-order valence-corrected chi connectivity index (χ3v) is 2.94. The number of ketones is 1. The first-order valence-electron chi connectivity index (χ1n) is 4.57. The van der Waals surface area contributed by atoms with E-state index in [4.69, 9.17) is 0 Å². The van der Waals surface area contributed by atoms with Crippen LogP contribution < -0.4 is 5.32 Å². The molecule has 12 heavy (non-hydrogen) atoms. The predicted molar refractivity (Wildman–Crippen MR) is 43.6 cm³/mol. The second kappa shape index (κ2) is 2.57. The van der Waals surface area contributed by atoms with Gasteiger partial charge in [0.25, 0.3) is 5.91 Å². The van der Waals surface area contributed by atoms with E-state index in [9.17, 15) is 9.59 Å². The second-order valence-corrected chi connectivity index (χ2v) is 3.90. The molecule has 1 heterocycles. The molecule has 1 aliphatic heterocycles. The number of nitrogens with one attached hydrogen (secondary N) is 1. The van der Waals surface area contributed by atoms with E-state index in [0.717, 1.165) is 25.7 Å². The van der Waals surface area contributed by atoms with Crippen molar-refractivity contribution in [3.63, 3.8) is 0 Å². The Hall–Kier alpha value is -0.860. The Kier molecular flexibility index (Phi) is 1.67. The van der Waals surface area contributed by atoms with Gasteiger partial charge in [0.2, 0.25) is 5.78 Å². The number of carbonyl (C=O) groups excluding carboxylic acids is 2. The highest BCUT2D eigenvalue weighted by atomic mass is 16.2. The quantitative estimate of drug-likeness (QED) is 0.542. The average molecular weight is 167 g/mol. The SMILES string of the molecule is O=C1CC2(CCCCC2)NC1=O. The van der Waals surface area contributed by atoms with E-state index in [1.54, 1.807) is 0 Å². The number of hydrogen-bond donors (Lipinski definition) is 1. The number of carbonyl (C=O) groups is 2. The van der Waals surface area contributed by atoms with Gasteiger partial charge < -0.3 is 5.32 Å². The first-order chi connectivity index (χ1) is 5.72. The Morgan fingerprint density at radius 1 is 1.08 bits per heavy atom. The van der Waals surface area contributed by atoms with Crippen LogP contribution in [0.3, 0.4) is 0 Å². The molecule has 0 aromatic heterocycles. The highest BCUT2D eigenvalue weighted by Gasteiger charge is 2.43. The minimum Gasteiger partial charge on any atom is -0.344 e. The molecule has 1 saturated heterocycles. The monoisotopic (exact) mass is 167 g/mol. The molecular formula is C9H13NO2. The Morgan fingerprint density at radius 3 is 2.25 bits per heavy atom. The molecule has 0 radical (unpaired) electrons. The molecule has 0 aromatic carbocycles. The van der Waals surface area contributed by atoms with Crippen molar-refractivity contribution in [1.29, 1.82) is 0 Å². The van der Waals surface area contributed by atoms with E-state index in [1.807, 2.05) is 0 Å². The molecule has 0 aromatic rings. The maximum atomic E-state index is 11.0. The number of Topliss-reactive ketones (excluding diaryl/α,β-unsaturated/α-hetero) is 1. The molecule has 3 nitrogen and oxygen atoms in total. The van der Waals surface area contributed by atoms with Gasteiger partial charge in [-0.3, -0.25) is 9.59 Å². The summed E-state index contributed by atoms with van der Waals surface area (Å²) in [5.41, 5.74) is -0.133. The highest BCUT2D eigenvalue weighted by molar-refractivity contribution is 6.38. The molecule has 2 rings (SSSR count). The van der Waals surface area contributed by atoms with Crippen LogP contribution >= 0.6 is 0 Å². The molecule has 1 aliphatic carbocycles. The fourth-order valence-corrected chi connectivity index (χ4v) is 2.27. The van der Waals surface area contributed by atoms with Gasteiger partial charge in [-0.2, -0.15) is 0 Å². The van der Waals surface area contributed by atoms with E-state index in [1.165, 1.54) is 6.42 Å². The van der Waals surface area contributed by atoms with E-state index in [2.05, 4.69) is 5.32 Å². The lowest BCUT2D eigenvalue weighted by molar-refractivity contribution is -0.135. The predicted octanol–water partition coefficient (Wildman–Crippen LogP) is 0.778. The standard InChI is InChI=1S/C9H13NO2/c11-7-6-9(10-8(7)12)4-2-1-3-5-9/h1-6H2,(H,10,12). The molecule has 0 bridgehead atoms. The van der Waals surface area contributed by atoms with Gasteiger partial charge in [0.1, 0.15) is 0 Å². The van der Waals surface area contributed by atoms with E-state index in [-0.39, 0.29) is 17.2 Å². The zero-order valence-electron chi connectivity index (χ0n) is 7.06. The van der Waals surface area contributed by atoms with Gasteiger partial charge in [0, 0.05) is 12.0 Å². The van der Waals surface area contributed by atoms with Crippen LogP contribution in [0.5, 0.6) is 0 Å². The molecule has 1 spiro atoms. The Bertz CT molecular complexity index is 211. The zero-order chi connectivity index (χ0) is 8.60. The topological polar surface area (TPSA) is 46.2 Å². The summed E-state index contributed by atoms with van der Waals surface area (Å²) in [6.45, 7) is 0. The highest BCUT2D eigenvalue weighted by Crippen LogP contribution is 2.33. The third-order valence-electron chi connectivity index (χ3n) is 2.94. The molecule has 0 unspecified atom stereocenters. The summed E-state index contributed by atoms with van der Waals surface area (Å²) >= 11 is 0. The van der Waals surface area contributed by atoms with Crippen LogP contribution in [0.15, 0.2) is 0 Å². The lowest BCUT2D eigenvalue weighted by Crippen LogP contribution is -2.42. The molecule has 1 N–H and O–H groups in total. The fraction of sp³-hybridized carbons (Fsp3) is 0.778. The van der Waals surface area contributed by atoms with Gasteiger partial charge in [-0.25, -0.2) is 0 Å². The van der Waals surface area contributed by atoms with Crippen LogP contribution in [0, 0.1) is 0 Å². The number of amides is 1. The molecule has 2 aliphatic rings. The summed E-state index contributed by atoms with van der Waals surface area (Å²) < 4.78 is 0. The first kappa shape index (κ1) is 7.77. The van der Waals surface area contributed by atoms with Gasteiger partial charge >= 0.3 is 0 Å². The van der Waals surface area contributed by atoms with Crippen molar-refractivity contribution in [2.45, 2.75) is 44.1 Å². The average Bonchev–Trinajstić information content (AvgIpc) is 2.29. The van der Waals surface area contributed by atoms with Crippen LogP contribution in [0.4, 0.5) is 0 Å². The summed E-state index contributed by atoms with van der Waals surface area (Å²) in [5, 5.41) is 2.83. The van der Waals surface area contributed by atoms with Crippen LogP contribution in [0.1, 0.15) is 38.5 Å². The maximum absolute atomic E-state index is 11.0.